The third-order valence-corrected chi connectivity index (χ3v) is 7.88. The summed E-state index contributed by atoms with van der Waals surface area (Å²) in [4.78, 5) is 49.5. The van der Waals surface area contributed by atoms with Crippen molar-refractivity contribution in [1.82, 2.24) is 25.6 Å². The number of hydrogen-bond acceptors (Lipinski definition) is 11. The van der Waals surface area contributed by atoms with Crippen molar-refractivity contribution in [3.63, 3.8) is 0 Å². The van der Waals surface area contributed by atoms with Crippen LogP contribution in [0.15, 0.2) is 24.3 Å². The highest BCUT2D eigenvalue weighted by Gasteiger charge is 2.34. The number of piperazine rings is 1. The number of ether oxygens (including phenoxy) is 1. The van der Waals surface area contributed by atoms with Crippen LogP contribution in [0.1, 0.15) is 18.4 Å². The maximum absolute atomic E-state index is 12.7. The smallest absolute Gasteiger partial charge is 0.410 e. The molecule has 3 rings (SSSR count). The van der Waals surface area contributed by atoms with Gasteiger partial charge in [-0.05, 0) is 24.1 Å². The van der Waals surface area contributed by atoms with E-state index >= 15 is 0 Å². The number of nitro groups is 1. The highest BCUT2D eigenvalue weighted by atomic mass is 32.2. The lowest BCUT2D eigenvalue weighted by atomic mass is 10.2. The number of rotatable bonds is 13. The molecule has 0 radical (unpaired) electrons. The summed E-state index contributed by atoms with van der Waals surface area (Å²) in [6.07, 6.45) is 0.465. The maximum atomic E-state index is 12.7. The number of amides is 3. The van der Waals surface area contributed by atoms with Crippen LogP contribution < -0.4 is 10.6 Å². The average molecular weight is 585 g/mol. The standard InChI is InChI=1S/C24H36N6O7S2/c31-11-10-29(27-8-6-25-7-9-27)23(33)14-26-22(32)5-12-39-17-20-13-21(38)15-28(20)24(34)37-16-18-1-3-19(4-2-18)30(35)36/h1-4,20-21,25,31,38H,5-17H2,(H,26,32). The van der Waals surface area contributed by atoms with E-state index in [0.29, 0.717) is 43.1 Å². The normalized spacial score (nSPS) is 19.5. The fourth-order valence-corrected chi connectivity index (χ4v) is 5.87. The highest BCUT2D eigenvalue weighted by molar-refractivity contribution is 7.99. The van der Waals surface area contributed by atoms with Gasteiger partial charge in [-0.2, -0.15) is 24.4 Å². The predicted octanol–water partition coefficient (Wildman–Crippen LogP) is 0.485. The molecule has 2 saturated heterocycles. The summed E-state index contributed by atoms with van der Waals surface area (Å²) < 4.78 is 5.42. The van der Waals surface area contributed by atoms with E-state index in [4.69, 9.17) is 4.74 Å². The second-order valence-electron chi connectivity index (χ2n) is 9.22. The number of aliphatic hydroxyl groups is 1. The SMILES string of the molecule is O=C(CCSCC1CC(S)CN1C(=O)OCc1ccc([N+](=O)[O-])cc1)NCC(=O)N(CCO)N1CCNCC1. The number of carbonyl (C=O) groups is 3. The molecule has 2 atom stereocenters. The molecule has 15 heteroatoms. The molecule has 2 fully saturated rings. The van der Waals surface area contributed by atoms with Crippen molar-refractivity contribution < 1.29 is 29.2 Å². The highest BCUT2D eigenvalue weighted by Crippen LogP contribution is 2.26. The lowest BCUT2D eigenvalue weighted by Gasteiger charge is -2.37. The first-order valence-electron chi connectivity index (χ1n) is 12.8. The Labute approximate surface area is 237 Å². The lowest BCUT2D eigenvalue weighted by molar-refractivity contribution is -0.384. The fourth-order valence-electron chi connectivity index (χ4n) is 4.37. The molecular formula is C24H36N6O7S2. The zero-order valence-electron chi connectivity index (χ0n) is 21.7. The number of hydrogen-bond donors (Lipinski definition) is 4. The van der Waals surface area contributed by atoms with E-state index in [1.165, 1.54) is 17.1 Å². The molecule has 0 aliphatic carbocycles. The third-order valence-electron chi connectivity index (χ3n) is 6.39. The lowest BCUT2D eigenvalue weighted by Crippen LogP contribution is -2.57. The van der Waals surface area contributed by atoms with Gasteiger partial charge in [-0.1, -0.05) is 0 Å². The van der Waals surface area contributed by atoms with Gasteiger partial charge in [-0.3, -0.25) is 24.7 Å². The maximum Gasteiger partial charge on any atom is 0.410 e. The van der Waals surface area contributed by atoms with Crippen molar-refractivity contribution in [1.29, 1.82) is 0 Å². The van der Waals surface area contributed by atoms with E-state index in [-0.39, 0.29) is 61.5 Å². The summed E-state index contributed by atoms with van der Waals surface area (Å²) in [6, 6.07) is 5.76. The molecule has 0 bridgehead atoms. The van der Waals surface area contributed by atoms with Crippen LogP contribution in [-0.2, 0) is 20.9 Å². The Morgan fingerprint density at radius 1 is 1.26 bits per heavy atom. The molecule has 2 heterocycles. The second kappa shape index (κ2) is 15.9. The minimum Gasteiger partial charge on any atom is -0.445 e. The van der Waals surface area contributed by atoms with Gasteiger partial charge in [-0.15, -0.1) is 0 Å². The van der Waals surface area contributed by atoms with Crippen LogP contribution >= 0.6 is 24.4 Å². The average Bonchev–Trinajstić information content (AvgIpc) is 3.32. The topological polar surface area (TPSA) is 158 Å². The molecule has 2 aliphatic rings. The summed E-state index contributed by atoms with van der Waals surface area (Å²) in [5, 5.41) is 29.4. The number of thioether (sulfide) groups is 1. The van der Waals surface area contributed by atoms with Crippen molar-refractivity contribution >= 4 is 48.0 Å². The monoisotopic (exact) mass is 584 g/mol. The van der Waals surface area contributed by atoms with E-state index in [1.54, 1.807) is 28.8 Å². The number of hydrazine groups is 1. The second-order valence-corrected chi connectivity index (χ2v) is 11.1. The van der Waals surface area contributed by atoms with Gasteiger partial charge in [0, 0.05) is 74.1 Å². The Bertz CT molecular complexity index is 980. The number of nitro benzene ring substituents is 1. The van der Waals surface area contributed by atoms with Gasteiger partial charge in [0.2, 0.25) is 5.91 Å². The first kappa shape index (κ1) is 30.9. The minimum atomic E-state index is -0.487. The first-order valence-corrected chi connectivity index (χ1v) is 14.5. The third kappa shape index (κ3) is 9.83. The molecule has 1 aromatic carbocycles. The number of benzene rings is 1. The van der Waals surface area contributed by atoms with Crippen LogP contribution in [0.5, 0.6) is 0 Å². The van der Waals surface area contributed by atoms with Gasteiger partial charge < -0.3 is 25.4 Å². The van der Waals surface area contributed by atoms with Crippen LogP contribution in [0.4, 0.5) is 10.5 Å². The number of likely N-dealkylation sites (tertiary alicyclic amines) is 1. The summed E-state index contributed by atoms with van der Waals surface area (Å²) in [7, 11) is 0. The Hall–Kier alpha value is -2.59. The van der Waals surface area contributed by atoms with E-state index in [9.17, 15) is 29.6 Å². The molecular weight excluding hydrogens is 548 g/mol. The van der Waals surface area contributed by atoms with Gasteiger partial charge in [-0.25, -0.2) is 9.80 Å². The number of nitrogens with one attached hydrogen (secondary N) is 2. The fraction of sp³-hybridized carbons (Fsp3) is 0.625. The quantitative estimate of drug-likeness (QED) is 0.111. The molecule has 3 N–H and O–H groups in total. The number of non-ortho nitro benzene ring substituents is 1. The molecule has 13 nitrogen and oxygen atoms in total. The number of aliphatic hydroxyl groups excluding tert-OH is 1. The van der Waals surface area contributed by atoms with E-state index in [1.807, 2.05) is 5.01 Å². The zero-order chi connectivity index (χ0) is 28.2. The van der Waals surface area contributed by atoms with E-state index < -0.39 is 11.0 Å². The first-order chi connectivity index (χ1) is 18.8. The Kier molecular flexibility index (Phi) is 12.6. The molecule has 39 heavy (non-hydrogen) atoms. The van der Waals surface area contributed by atoms with Gasteiger partial charge in [0.25, 0.3) is 11.6 Å². The number of carbonyl (C=O) groups excluding carboxylic acids is 3. The van der Waals surface area contributed by atoms with Crippen molar-refractivity contribution in [3.8, 4) is 0 Å². The molecule has 216 valence electrons. The predicted molar refractivity (Wildman–Crippen MR) is 149 cm³/mol. The number of nitrogens with zero attached hydrogens (tertiary/aromatic N) is 4. The largest absolute Gasteiger partial charge is 0.445 e. The van der Waals surface area contributed by atoms with Crippen LogP contribution in [-0.4, -0.2) is 118 Å². The molecule has 1 aromatic rings. The summed E-state index contributed by atoms with van der Waals surface area (Å²) >= 11 is 6.06. The van der Waals surface area contributed by atoms with Crippen LogP contribution in [0.3, 0.4) is 0 Å². The summed E-state index contributed by atoms with van der Waals surface area (Å²) in [6.45, 7) is 3.18. The van der Waals surface area contributed by atoms with Gasteiger partial charge in [0.1, 0.15) is 6.61 Å². The molecule has 2 aliphatic heterocycles. The van der Waals surface area contributed by atoms with Crippen molar-refractivity contribution in [2.75, 3.05) is 63.9 Å². The van der Waals surface area contributed by atoms with Gasteiger partial charge >= 0.3 is 6.09 Å². The van der Waals surface area contributed by atoms with Crippen LogP contribution in [0.25, 0.3) is 0 Å². The zero-order valence-corrected chi connectivity index (χ0v) is 23.4. The van der Waals surface area contributed by atoms with Crippen LogP contribution in [0.2, 0.25) is 0 Å². The molecule has 0 aromatic heterocycles. The molecule has 0 saturated carbocycles. The number of thiol groups is 1. The van der Waals surface area contributed by atoms with Crippen LogP contribution in [0, 0.1) is 10.1 Å². The molecule has 2 unspecified atom stereocenters. The summed E-state index contributed by atoms with van der Waals surface area (Å²) in [5.74, 6) is 0.638. The van der Waals surface area contributed by atoms with Crippen molar-refractivity contribution in [3.05, 3.63) is 39.9 Å². The Balaban J connectivity index is 1.36. The minimum absolute atomic E-state index is 0.00764. The van der Waals surface area contributed by atoms with Crippen molar-refractivity contribution in [2.24, 2.45) is 0 Å². The summed E-state index contributed by atoms with van der Waals surface area (Å²) in [5.41, 5.74) is 0.622. The Morgan fingerprint density at radius 3 is 2.64 bits per heavy atom. The van der Waals surface area contributed by atoms with Crippen molar-refractivity contribution in [2.45, 2.75) is 30.7 Å². The Morgan fingerprint density at radius 2 is 1.97 bits per heavy atom. The van der Waals surface area contributed by atoms with E-state index in [0.717, 1.165) is 13.1 Å². The van der Waals surface area contributed by atoms with E-state index in [2.05, 4.69) is 23.3 Å². The van der Waals surface area contributed by atoms with Gasteiger partial charge in [0.05, 0.1) is 24.6 Å². The van der Waals surface area contributed by atoms with Gasteiger partial charge in [0.15, 0.2) is 0 Å². The molecule has 3 amide bonds. The molecule has 0 spiro atoms.